The van der Waals surface area contributed by atoms with Crippen molar-refractivity contribution in [1.29, 1.82) is 0 Å². The highest BCUT2D eigenvalue weighted by atomic mass is 16.4. The highest BCUT2D eigenvalue weighted by Gasteiger charge is 2.14. The summed E-state index contributed by atoms with van der Waals surface area (Å²) in [6, 6.07) is 0. The Hall–Kier alpha value is -0.830. The average Bonchev–Trinajstić information content (AvgIpc) is 2.04. The van der Waals surface area contributed by atoms with E-state index < -0.39 is 5.97 Å². The fourth-order valence-electron chi connectivity index (χ4n) is 1.01. The lowest BCUT2D eigenvalue weighted by molar-refractivity contribution is -0.141. The fraction of sp³-hybridized carbons (Fsp3) is 0.667. The van der Waals surface area contributed by atoms with Gasteiger partial charge in [-0.1, -0.05) is 12.2 Å². The fourth-order valence-corrected chi connectivity index (χ4v) is 1.01. The van der Waals surface area contributed by atoms with E-state index in [9.17, 15) is 4.79 Å². The molecule has 0 aliphatic carbocycles. The molecule has 0 aliphatic rings. The molecular weight excluding hydrogens is 154 g/mol. The second-order valence-electron chi connectivity index (χ2n) is 2.77. The van der Waals surface area contributed by atoms with Gasteiger partial charge in [0.2, 0.25) is 0 Å². The number of allylic oxidation sites excluding steroid dienone is 2. The molecule has 0 saturated carbocycles. The Kier molecular flexibility index (Phi) is 6.38. The molecule has 0 aliphatic heterocycles. The van der Waals surface area contributed by atoms with Gasteiger partial charge in [0.1, 0.15) is 0 Å². The van der Waals surface area contributed by atoms with Gasteiger partial charge < -0.3 is 10.8 Å². The largest absolute Gasteiger partial charge is 0.481 e. The minimum Gasteiger partial charge on any atom is -0.481 e. The van der Waals surface area contributed by atoms with Crippen LogP contribution in [0.5, 0.6) is 0 Å². The van der Waals surface area contributed by atoms with E-state index >= 15 is 0 Å². The minimum atomic E-state index is -0.721. The van der Waals surface area contributed by atoms with Crippen molar-refractivity contribution in [2.24, 2.45) is 11.7 Å². The molecule has 0 radical (unpaired) electrons. The average molecular weight is 171 g/mol. The third-order valence-corrected chi connectivity index (χ3v) is 1.76. The molecule has 0 aromatic heterocycles. The summed E-state index contributed by atoms with van der Waals surface area (Å²) >= 11 is 0. The zero-order valence-corrected chi connectivity index (χ0v) is 7.49. The lowest BCUT2D eigenvalue weighted by Gasteiger charge is -2.07. The summed E-state index contributed by atoms with van der Waals surface area (Å²) in [6.45, 7) is 2.46. The molecule has 0 aromatic carbocycles. The Labute approximate surface area is 73.3 Å². The molecule has 3 nitrogen and oxygen atoms in total. The van der Waals surface area contributed by atoms with E-state index in [0.29, 0.717) is 19.4 Å². The minimum absolute atomic E-state index is 0.259. The van der Waals surface area contributed by atoms with Gasteiger partial charge in [0.05, 0.1) is 5.92 Å². The van der Waals surface area contributed by atoms with Crippen LogP contribution in [0.2, 0.25) is 0 Å². The van der Waals surface area contributed by atoms with Crippen molar-refractivity contribution in [1.82, 2.24) is 0 Å². The first kappa shape index (κ1) is 11.2. The van der Waals surface area contributed by atoms with Crippen molar-refractivity contribution in [3.05, 3.63) is 12.2 Å². The number of aliphatic carboxylic acids is 1. The smallest absolute Gasteiger partial charge is 0.306 e. The van der Waals surface area contributed by atoms with Crippen LogP contribution < -0.4 is 5.73 Å². The zero-order valence-electron chi connectivity index (χ0n) is 7.49. The summed E-state index contributed by atoms with van der Waals surface area (Å²) in [5, 5.41) is 8.75. The predicted molar refractivity (Wildman–Crippen MR) is 48.8 cm³/mol. The van der Waals surface area contributed by atoms with Gasteiger partial charge in [-0.15, -0.1) is 0 Å². The quantitative estimate of drug-likeness (QED) is 0.594. The van der Waals surface area contributed by atoms with Crippen molar-refractivity contribution in [2.75, 3.05) is 6.54 Å². The van der Waals surface area contributed by atoms with Gasteiger partial charge in [0.15, 0.2) is 0 Å². The van der Waals surface area contributed by atoms with E-state index in [2.05, 4.69) is 0 Å². The Morgan fingerprint density at radius 1 is 1.67 bits per heavy atom. The normalized spacial score (nSPS) is 13.5. The van der Waals surface area contributed by atoms with Crippen LogP contribution in [0, 0.1) is 5.92 Å². The molecule has 1 atom stereocenters. The summed E-state index contributed by atoms with van der Waals surface area (Å²) in [6.07, 6.45) is 5.84. The maximum Gasteiger partial charge on any atom is 0.306 e. The lowest BCUT2D eigenvalue weighted by Crippen LogP contribution is -2.14. The summed E-state index contributed by atoms with van der Waals surface area (Å²) in [7, 11) is 0. The van der Waals surface area contributed by atoms with Crippen LogP contribution in [-0.4, -0.2) is 17.6 Å². The Morgan fingerprint density at radius 3 is 2.75 bits per heavy atom. The molecule has 0 bridgehead atoms. The first-order valence-corrected chi connectivity index (χ1v) is 4.26. The second kappa shape index (κ2) is 6.85. The van der Waals surface area contributed by atoms with E-state index in [1.54, 1.807) is 0 Å². The third-order valence-electron chi connectivity index (χ3n) is 1.76. The summed E-state index contributed by atoms with van der Waals surface area (Å²) < 4.78 is 0. The molecular formula is C9H17NO2. The van der Waals surface area contributed by atoms with Crippen LogP contribution in [0.4, 0.5) is 0 Å². The number of carboxylic acids is 1. The summed E-state index contributed by atoms with van der Waals surface area (Å²) in [5.74, 6) is -0.980. The molecule has 0 spiro atoms. The van der Waals surface area contributed by atoms with Crippen LogP contribution in [0.1, 0.15) is 26.2 Å². The molecule has 70 valence electrons. The van der Waals surface area contributed by atoms with Crippen LogP contribution in [0.3, 0.4) is 0 Å². The maximum absolute atomic E-state index is 10.6. The van der Waals surface area contributed by atoms with E-state index in [4.69, 9.17) is 10.8 Å². The number of carboxylic acid groups (broad SMARTS) is 1. The highest BCUT2D eigenvalue weighted by Crippen LogP contribution is 2.11. The topological polar surface area (TPSA) is 63.3 Å². The van der Waals surface area contributed by atoms with Gasteiger partial charge in [0, 0.05) is 0 Å². The Morgan fingerprint density at radius 2 is 2.33 bits per heavy atom. The number of hydrogen-bond donors (Lipinski definition) is 2. The van der Waals surface area contributed by atoms with Crippen LogP contribution in [-0.2, 0) is 4.79 Å². The standard InChI is InChI=1S/C9H17NO2/c1-2-3-5-8(9(11)12)6-4-7-10/h2-3,8H,4-7,10H2,1H3,(H,11,12)/b3-2+. The first-order chi connectivity index (χ1) is 5.72. The van der Waals surface area contributed by atoms with E-state index in [1.807, 2.05) is 19.1 Å². The molecule has 0 saturated heterocycles. The first-order valence-electron chi connectivity index (χ1n) is 4.26. The van der Waals surface area contributed by atoms with E-state index in [-0.39, 0.29) is 5.92 Å². The summed E-state index contributed by atoms with van der Waals surface area (Å²) in [5.41, 5.74) is 5.29. The molecule has 0 aromatic rings. The number of hydrogen-bond acceptors (Lipinski definition) is 2. The van der Waals surface area contributed by atoms with Gasteiger partial charge in [-0.3, -0.25) is 4.79 Å². The van der Waals surface area contributed by atoms with Crippen molar-refractivity contribution in [3.63, 3.8) is 0 Å². The Bertz CT molecular complexity index is 155. The number of nitrogens with two attached hydrogens (primary N) is 1. The number of carbonyl (C=O) groups is 1. The molecule has 3 heteroatoms. The summed E-state index contributed by atoms with van der Waals surface area (Å²) in [4.78, 5) is 10.6. The van der Waals surface area contributed by atoms with Crippen molar-refractivity contribution >= 4 is 5.97 Å². The molecule has 1 unspecified atom stereocenters. The SMILES string of the molecule is C/C=C/CC(CCCN)C(=O)O. The van der Waals surface area contributed by atoms with E-state index in [0.717, 1.165) is 6.42 Å². The number of rotatable bonds is 6. The molecule has 0 rings (SSSR count). The molecule has 0 amide bonds. The third kappa shape index (κ3) is 4.91. The monoisotopic (exact) mass is 171 g/mol. The molecule has 12 heavy (non-hydrogen) atoms. The molecule has 0 heterocycles. The van der Waals surface area contributed by atoms with Gasteiger partial charge in [-0.05, 0) is 32.7 Å². The highest BCUT2D eigenvalue weighted by molar-refractivity contribution is 5.70. The van der Waals surface area contributed by atoms with Gasteiger partial charge >= 0.3 is 5.97 Å². The van der Waals surface area contributed by atoms with Gasteiger partial charge in [-0.2, -0.15) is 0 Å². The van der Waals surface area contributed by atoms with Crippen LogP contribution >= 0.6 is 0 Å². The van der Waals surface area contributed by atoms with Crippen molar-refractivity contribution < 1.29 is 9.90 Å². The van der Waals surface area contributed by atoms with Gasteiger partial charge in [-0.25, -0.2) is 0 Å². The van der Waals surface area contributed by atoms with Crippen LogP contribution in [0.25, 0.3) is 0 Å². The second-order valence-corrected chi connectivity index (χ2v) is 2.77. The zero-order chi connectivity index (χ0) is 9.40. The van der Waals surface area contributed by atoms with Crippen molar-refractivity contribution in [3.8, 4) is 0 Å². The Balaban J connectivity index is 3.78. The molecule has 0 fully saturated rings. The van der Waals surface area contributed by atoms with Crippen LogP contribution in [0.15, 0.2) is 12.2 Å². The molecule has 3 N–H and O–H groups in total. The predicted octanol–water partition coefficient (Wildman–Crippen LogP) is 1.39. The lowest BCUT2D eigenvalue weighted by atomic mass is 9.99. The van der Waals surface area contributed by atoms with E-state index in [1.165, 1.54) is 0 Å². The van der Waals surface area contributed by atoms with Gasteiger partial charge in [0.25, 0.3) is 0 Å². The maximum atomic E-state index is 10.6. The van der Waals surface area contributed by atoms with Crippen molar-refractivity contribution in [2.45, 2.75) is 26.2 Å².